The third-order valence-electron chi connectivity index (χ3n) is 5.48. The molecule has 178 valence electrons. The summed E-state index contributed by atoms with van der Waals surface area (Å²) in [6, 6.07) is 14.7. The Morgan fingerprint density at radius 3 is 2.41 bits per heavy atom. The first-order chi connectivity index (χ1) is 16.4. The molecule has 7 heteroatoms. The Kier molecular flexibility index (Phi) is 8.49. The number of hydrogen-bond donors (Lipinski definition) is 2. The summed E-state index contributed by atoms with van der Waals surface area (Å²) in [6.45, 7) is 6.11. The van der Waals surface area contributed by atoms with Crippen LogP contribution in [-0.2, 0) is 4.79 Å². The Labute approximate surface area is 204 Å². The summed E-state index contributed by atoms with van der Waals surface area (Å²) in [6.07, 6.45) is 2.40. The van der Waals surface area contributed by atoms with Crippen molar-refractivity contribution in [1.29, 1.82) is 0 Å². The van der Waals surface area contributed by atoms with Gasteiger partial charge >= 0.3 is 0 Å². The number of rotatable bonds is 9. The maximum Gasteiger partial charge on any atom is 0.268 e. The number of aryl methyl sites for hydroxylation is 2. The number of methoxy groups -OCH3 is 2. The molecule has 1 aromatic heterocycles. The van der Waals surface area contributed by atoms with Gasteiger partial charge in [-0.1, -0.05) is 36.8 Å². The maximum atomic E-state index is 13.3. The van der Waals surface area contributed by atoms with Gasteiger partial charge in [0.05, 0.1) is 20.3 Å². The molecule has 0 aliphatic rings. The zero-order valence-electron chi connectivity index (χ0n) is 20.1. The van der Waals surface area contributed by atoms with Crippen molar-refractivity contribution in [1.82, 2.24) is 10.6 Å². The van der Waals surface area contributed by atoms with E-state index in [2.05, 4.69) is 16.7 Å². The zero-order chi connectivity index (χ0) is 24.7. The number of benzene rings is 2. The highest BCUT2D eigenvalue weighted by atomic mass is 32.1. The normalized spacial score (nSPS) is 12.1. The second-order valence-corrected chi connectivity index (χ2v) is 8.87. The Morgan fingerprint density at radius 2 is 1.79 bits per heavy atom. The molecule has 0 aliphatic carbocycles. The minimum Gasteiger partial charge on any atom is -0.493 e. The van der Waals surface area contributed by atoms with E-state index in [0.717, 1.165) is 16.0 Å². The van der Waals surface area contributed by atoms with Crippen LogP contribution in [0.4, 0.5) is 0 Å². The van der Waals surface area contributed by atoms with E-state index >= 15 is 0 Å². The van der Waals surface area contributed by atoms with Gasteiger partial charge in [-0.05, 0) is 67.1 Å². The molecular formula is C27H30N2O4S. The van der Waals surface area contributed by atoms with E-state index in [-0.39, 0.29) is 17.6 Å². The second-order valence-electron chi connectivity index (χ2n) is 7.89. The molecule has 3 aromatic rings. The summed E-state index contributed by atoms with van der Waals surface area (Å²) in [7, 11) is 3.04. The van der Waals surface area contributed by atoms with Gasteiger partial charge in [0, 0.05) is 10.4 Å². The zero-order valence-corrected chi connectivity index (χ0v) is 20.9. The molecule has 1 heterocycles. The standard InChI is InChI=1S/C27H30N2O4S/c1-6-22(21-11-9-17(2)14-18(21)3)28-27(31)23(16-20-8-7-13-34-20)29-26(30)19-10-12-24(32-4)25(15-19)33-5/h7-16,22H,6H2,1-5H3,(H,28,31)(H,29,30)/b23-16-/t22-/m1/s1. The molecule has 2 N–H and O–H groups in total. The smallest absolute Gasteiger partial charge is 0.268 e. The van der Waals surface area contributed by atoms with E-state index in [1.54, 1.807) is 24.3 Å². The molecule has 0 saturated carbocycles. The van der Waals surface area contributed by atoms with Crippen molar-refractivity contribution in [2.24, 2.45) is 0 Å². The molecule has 0 bridgehead atoms. The molecule has 2 aromatic carbocycles. The third-order valence-corrected chi connectivity index (χ3v) is 6.30. The van der Waals surface area contributed by atoms with Crippen LogP contribution in [0.5, 0.6) is 11.5 Å². The fourth-order valence-electron chi connectivity index (χ4n) is 3.70. The van der Waals surface area contributed by atoms with Gasteiger partial charge in [-0.3, -0.25) is 9.59 Å². The van der Waals surface area contributed by atoms with Crippen LogP contribution in [0.25, 0.3) is 6.08 Å². The van der Waals surface area contributed by atoms with Gasteiger partial charge in [-0.25, -0.2) is 0 Å². The van der Waals surface area contributed by atoms with Crippen molar-refractivity contribution in [3.05, 3.63) is 86.7 Å². The van der Waals surface area contributed by atoms with Crippen molar-refractivity contribution >= 4 is 29.2 Å². The topological polar surface area (TPSA) is 76.7 Å². The van der Waals surface area contributed by atoms with E-state index < -0.39 is 5.91 Å². The first-order valence-electron chi connectivity index (χ1n) is 11.0. The van der Waals surface area contributed by atoms with Gasteiger partial charge in [0.15, 0.2) is 11.5 Å². The number of nitrogens with one attached hydrogen (secondary N) is 2. The van der Waals surface area contributed by atoms with E-state index in [4.69, 9.17) is 9.47 Å². The van der Waals surface area contributed by atoms with Crippen LogP contribution in [0, 0.1) is 13.8 Å². The molecule has 0 fully saturated rings. The van der Waals surface area contributed by atoms with Gasteiger partial charge in [0.25, 0.3) is 11.8 Å². The van der Waals surface area contributed by atoms with Crippen molar-refractivity contribution in [2.75, 3.05) is 14.2 Å². The quantitative estimate of drug-likeness (QED) is 0.403. The van der Waals surface area contributed by atoms with Crippen LogP contribution in [0.15, 0.2) is 59.6 Å². The largest absolute Gasteiger partial charge is 0.493 e. The van der Waals surface area contributed by atoms with Gasteiger partial charge in [-0.2, -0.15) is 0 Å². The lowest BCUT2D eigenvalue weighted by Gasteiger charge is -2.21. The highest BCUT2D eigenvalue weighted by molar-refractivity contribution is 7.10. The number of ether oxygens (including phenoxy) is 2. The van der Waals surface area contributed by atoms with Gasteiger partial charge in [-0.15, -0.1) is 11.3 Å². The van der Waals surface area contributed by atoms with Crippen molar-refractivity contribution in [3.63, 3.8) is 0 Å². The Balaban J connectivity index is 1.87. The highest BCUT2D eigenvalue weighted by Gasteiger charge is 2.21. The molecule has 0 spiro atoms. The molecule has 3 rings (SSSR count). The second kappa shape index (κ2) is 11.5. The molecule has 2 amide bonds. The van der Waals surface area contributed by atoms with Crippen LogP contribution >= 0.6 is 11.3 Å². The predicted molar refractivity (Wildman–Crippen MR) is 136 cm³/mol. The summed E-state index contributed by atoms with van der Waals surface area (Å²) in [5.41, 5.74) is 3.87. The average molecular weight is 479 g/mol. The SMILES string of the molecule is CC[C@@H](NC(=O)/C(=C/c1cccs1)NC(=O)c1ccc(OC)c(OC)c1)c1ccc(C)cc1C. The minimum absolute atomic E-state index is 0.172. The minimum atomic E-state index is -0.418. The molecule has 0 radical (unpaired) electrons. The van der Waals surface area contributed by atoms with Crippen LogP contribution < -0.4 is 20.1 Å². The van der Waals surface area contributed by atoms with Gasteiger partial charge in [0.1, 0.15) is 5.70 Å². The number of carbonyl (C=O) groups is 2. The third kappa shape index (κ3) is 6.05. The molecule has 6 nitrogen and oxygen atoms in total. The fraction of sp³-hybridized carbons (Fsp3) is 0.259. The molecule has 0 unspecified atom stereocenters. The fourth-order valence-corrected chi connectivity index (χ4v) is 4.36. The van der Waals surface area contributed by atoms with Gasteiger partial charge in [0.2, 0.25) is 0 Å². The summed E-state index contributed by atoms with van der Waals surface area (Å²) < 4.78 is 10.5. The van der Waals surface area contributed by atoms with E-state index in [1.165, 1.54) is 31.1 Å². The summed E-state index contributed by atoms with van der Waals surface area (Å²) >= 11 is 1.48. The summed E-state index contributed by atoms with van der Waals surface area (Å²) in [5.74, 6) is 0.183. The highest BCUT2D eigenvalue weighted by Crippen LogP contribution is 2.28. The first kappa shape index (κ1) is 25.1. The summed E-state index contributed by atoms with van der Waals surface area (Å²) in [4.78, 5) is 27.3. The van der Waals surface area contributed by atoms with E-state index in [1.807, 2.05) is 50.4 Å². The Morgan fingerprint density at radius 1 is 1.03 bits per heavy atom. The Hall–Kier alpha value is -3.58. The molecule has 0 aliphatic heterocycles. The number of amides is 2. The number of thiophene rings is 1. The number of hydrogen-bond acceptors (Lipinski definition) is 5. The lowest BCUT2D eigenvalue weighted by atomic mass is 9.97. The van der Waals surface area contributed by atoms with Gasteiger partial charge < -0.3 is 20.1 Å². The summed E-state index contributed by atoms with van der Waals surface area (Å²) in [5, 5.41) is 7.80. The lowest BCUT2D eigenvalue weighted by molar-refractivity contribution is -0.118. The predicted octanol–water partition coefficient (Wildman–Crippen LogP) is 5.42. The molecule has 0 saturated heterocycles. The molecule has 1 atom stereocenters. The van der Waals surface area contributed by atoms with Crippen LogP contribution in [0.3, 0.4) is 0 Å². The lowest BCUT2D eigenvalue weighted by Crippen LogP contribution is -2.37. The first-order valence-corrected chi connectivity index (χ1v) is 11.9. The molecule has 34 heavy (non-hydrogen) atoms. The number of carbonyl (C=O) groups excluding carboxylic acids is 2. The van der Waals surface area contributed by atoms with Crippen LogP contribution in [0.2, 0.25) is 0 Å². The van der Waals surface area contributed by atoms with Crippen molar-refractivity contribution in [2.45, 2.75) is 33.2 Å². The maximum absolute atomic E-state index is 13.3. The van der Waals surface area contributed by atoms with E-state index in [0.29, 0.717) is 23.5 Å². The van der Waals surface area contributed by atoms with E-state index in [9.17, 15) is 9.59 Å². The monoisotopic (exact) mass is 478 g/mol. The Bertz CT molecular complexity index is 1190. The van der Waals surface area contributed by atoms with Crippen LogP contribution in [0.1, 0.15) is 51.3 Å². The molecular weight excluding hydrogens is 448 g/mol. The average Bonchev–Trinajstić information content (AvgIpc) is 3.35. The van der Waals surface area contributed by atoms with Crippen molar-refractivity contribution in [3.8, 4) is 11.5 Å². The van der Waals surface area contributed by atoms with Crippen LogP contribution in [-0.4, -0.2) is 26.0 Å². The van der Waals surface area contributed by atoms with Crippen molar-refractivity contribution < 1.29 is 19.1 Å².